The van der Waals surface area contributed by atoms with Gasteiger partial charge in [-0.15, -0.1) is 0 Å². The van der Waals surface area contributed by atoms with E-state index < -0.39 is 0 Å². The smallest absolute Gasteiger partial charge is 0.274 e. The van der Waals surface area contributed by atoms with E-state index in [0.29, 0.717) is 28.5 Å². The molecular weight excluding hydrogens is 274 g/mol. The lowest BCUT2D eigenvalue weighted by atomic mass is 10.2. The molecule has 1 N–H and O–H groups in total. The van der Waals surface area contributed by atoms with Crippen LogP contribution >= 0.6 is 11.6 Å². The molecule has 0 aromatic carbocycles. The molecule has 1 amide bonds. The van der Waals surface area contributed by atoms with Gasteiger partial charge in [-0.3, -0.25) is 4.79 Å². The number of rotatable bonds is 6. The fourth-order valence-electron chi connectivity index (χ4n) is 2.37. The first-order chi connectivity index (χ1) is 9.69. The predicted octanol–water partition coefficient (Wildman–Crippen LogP) is 3.18. The number of nitrogens with one attached hydrogen (secondary N) is 1. The van der Waals surface area contributed by atoms with Crippen LogP contribution in [0.2, 0.25) is 5.02 Å². The Morgan fingerprint density at radius 2 is 2.15 bits per heavy atom. The van der Waals surface area contributed by atoms with Gasteiger partial charge in [-0.1, -0.05) is 11.6 Å². The van der Waals surface area contributed by atoms with E-state index in [-0.39, 0.29) is 5.91 Å². The Hall–Kier alpha value is -1.29. The van der Waals surface area contributed by atoms with Crippen molar-refractivity contribution in [3.63, 3.8) is 0 Å². The zero-order valence-corrected chi connectivity index (χ0v) is 12.5. The average molecular weight is 294 g/mol. The highest BCUT2D eigenvalue weighted by molar-refractivity contribution is 6.33. The number of hydrogen-bond donors (Lipinski definition) is 1. The third-order valence-corrected chi connectivity index (χ3v) is 4.11. The van der Waals surface area contributed by atoms with Crippen molar-refractivity contribution in [3.05, 3.63) is 22.8 Å². The summed E-state index contributed by atoms with van der Waals surface area (Å²) in [6, 6.07) is 3.97. The second kappa shape index (κ2) is 5.60. The minimum atomic E-state index is -0.0100. The highest BCUT2D eigenvalue weighted by Crippen LogP contribution is 2.36. The molecule has 1 heterocycles. The van der Waals surface area contributed by atoms with Gasteiger partial charge in [0.1, 0.15) is 11.5 Å². The van der Waals surface area contributed by atoms with Gasteiger partial charge in [0.15, 0.2) is 0 Å². The van der Waals surface area contributed by atoms with Crippen molar-refractivity contribution in [3.8, 4) is 0 Å². The van der Waals surface area contributed by atoms with Crippen LogP contribution in [0.25, 0.3) is 0 Å². The minimum absolute atomic E-state index is 0.0100. The zero-order valence-electron chi connectivity index (χ0n) is 11.7. The van der Waals surface area contributed by atoms with E-state index in [9.17, 15) is 4.79 Å². The maximum absolute atomic E-state index is 12.7. The van der Waals surface area contributed by atoms with Gasteiger partial charge in [0.25, 0.3) is 5.91 Å². The molecular formula is C15H20ClN3O. The van der Waals surface area contributed by atoms with E-state index in [1.807, 2.05) is 17.9 Å². The molecule has 2 saturated carbocycles. The molecule has 4 nitrogen and oxygen atoms in total. The molecule has 20 heavy (non-hydrogen) atoms. The number of nitrogens with zero attached hydrogens (tertiary/aromatic N) is 2. The van der Waals surface area contributed by atoms with Crippen LogP contribution in [0.4, 0.5) is 5.82 Å². The molecule has 2 fully saturated rings. The van der Waals surface area contributed by atoms with Crippen LogP contribution in [0.5, 0.6) is 0 Å². The fraction of sp³-hybridized carbons (Fsp3) is 0.600. The number of hydrogen-bond acceptors (Lipinski definition) is 3. The Morgan fingerprint density at radius 1 is 1.40 bits per heavy atom. The van der Waals surface area contributed by atoms with E-state index in [4.69, 9.17) is 11.6 Å². The van der Waals surface area contributed by atoms with E-state index >= 15 is 0 Å². The number of halogens is 1. The van der Waals surface area contributed by atoms with E-state index in [2.05, 4.69) is 10.3 Å². The summed E-state index contributed by atoms with van der Waals surface area (Å²) in [5.41, 5.74) is 0.387. The number of amides is 1. The van der Waals surface area contributed by atoms with Gasteiger partial charge in [-0.2, -0.15) is 0 Å². The SMILES string of the molecule is CCNc1ccc(Cl)c(C(=O)N(CC2CC2)C2CC2)n1. The quantitative estimate of drug-likeness (QED) is 0.876. The molecule has 1 aromatic rings. The van der Waals surface area contributed by atoms with Crippen LogP contribution in [0, 0.1) is 5.92 Å². The third kappa shape index (κ3) is 3.06. The lowest BCUT2D eigenvalue weighted by molar-refractivity contribution is 0.0729. The van der Waals surface area contributed by atoms with Crippen LogP contribution in [0.15, 0.2) is 12.1 Å². The number of anilines is 1. The topological polar surface area (TPSA) is 45.2 Å². The molecule has 0 aliphatic heterocycles. The standard InChI is InChI=1S/C15H20ClN3O/c1-2-17-13-8-7-12(16)14(18-13)15(20)19(11-5-6-11)9-10-3-4-10/h7-8,10-11H,2-6,9H2,1H3,(H,17,18). The van der Waals surface area contributed by atoms with Crippen LogP contribution in [0.3, 0.4) is 0 Å². The van der Waals surface area contributed by atoms with Gasteiger partial charge in [-0.25, -0.2) is 4.98 Å². The predicted molar refractivity (Wildman–Crippen MR) is 80.2 cm³/mol. The molecule has 0 unspecified atom stereocenters. The van der Waals surface area contributed by atoms with Gasteiger partial charge >= 0.3 is 0 Å². The van der Waals surface area contributed by atoms with Crippen LogP contribution < -0.4 is 5.32 Å². The summed E-state index contributed by atoms with van der Waals surface area (Å²) in [7, 11) is 0. The van der Waals surface area contributed by atoms with Crippen molar-refractivity contribution in [2.24, 2.45) is 5.92 Å². The van der Waals surface area contributed by atoms with Crippen molar-refractivity contribution in [1.82, 2.24) is 9.88 Å². The summed E-state index contributed by atoms with van der Waals surface area (Å²) in [4.78, 5) is 19.1. The molecule has 0 atom stereocenters. The minimum Gasteiger partial charge on any atom is -0.370 e. The monoisotopic (exact) mass is 293 g/mol. The maximum atomic E-state index is 12.7. The fourth-order valence-corrected chi connectivity index (χ4v) is 2.56. The lowest BCUT2D eigenvalue weighted by Crippen LogP contribution is -2.35. The molecule has 0 bridgehead atoms. The summed E-state index contributed by atoms with van der Waals surface area (Å²) >= 11 is 6.17. The maximum Gasteiger partial charge on any atom is 0.274 e. The van der Waals surface area contributed by atoms with Crippen LogP contribution in [-0.2, 0) is 0 Å². The van der Waals surface area contributed by atoms with Gasteiger partial charge in [0.2, 0.25) is 0 Å². The van der Waals surface area contributed by atoms with Crippen molar-refractivity contribution >= 4 is 23.3 Å². The molecule has 0 spiro atoms. The van der Waals surface area contributed by atoms with E-state index in [1.165, 1.54) is 12.8 Å². The van der Waals surface area contributed by atoms with Crippen molar-refractivity contribution in [1.29, 1.82) is 0 Å². The van der Waals surface area contributed by atoms with Crippen LogP contribution in [0.1, 0.15) is 43.1 Å². The van der Waals surface area contributed by atoms with Gasteiger partial charge in [0, 0.05) is 19.1 Å². The summed E-state index contributed by atoms with van der Waals surface area (Å²) in [6.45, 7) is 3.64. The molecule has 3 rings (SSSR count). The number of carbonyl (C=O) groups is 1. The normalized spacial score (nSPS) is 17.9. The summed E-state index contributed by atoms with van der Waals surface area (Å²) in [6.07, 6.45) is 4.72. The molecule has 0 radical (unpaired) electrons. The Kier molecular flexibility index (Phi) is 3.83. The molecule has 2 aliphatic carbocycles. The molecule has 5 heteroatoms. The number of aromatic nitrogens is 1. The van der Waals surface area contributed by atoms with Crippen molar-refractivity contribution in [2.45, 2.75) is 38.6 Å². The zero-order chi connectivity index (χ0) is 14.1. The Morgan fingerprint density at radius 3 is 2.75 bits per heavy atom. The summed E-state index contributed by atoms with van der Waals surface area (Å²) in [5.74, 6) is 1.39. The second-order valence-electron chi connectivity index (χ2n) is 5.69. The largest absolute Gasteiger partial charge is 0.370 e. The number of pyridine rings is 1. The van der Waals surface area contributed by atoms with E-state index in [1.54, 1.807) is 6.07 Å². The first kappa shape index (κ1) is 13.7. The Bertz CT molecular complexity index is 512. The summed E-state index contributed by atoms with van der Waals surface area (Å²) in [5, 5.41) is 3.57. The van der Waals surface area contributed by atoms with E-state index in [0.717, 1.165) is 25.9 Å². The second-order valence-corrected chi connectivity index (χ2v) is 6.10. The Balaban J connectivity index is 1.81. The van der Waals surface area contributed by atoms with Crippen LogP contribution in [-0.4, -0.2) is 34.9 Å². The molecule has 1 aromatic heterocycles. The first-order valence-electron chi connectivity index (χ1n) is 7.40. The third-order valence-electron chi connectivity index (χ3n) is 3.81. The Labute approximate surface area is 124 Å². The lowest BCUT2D eigenvalue weighted by Gasteiger charge is -2.22. The average Bonchev–Trinajstić information content (AvgIpc) is 3.30. The van der Waals surface area contributed by atoms with Gasteiger partial charge < -0.3 is 10.2 Å². The molecule has 108 valence electrons. The number of carbonyl (C=O) groups excluding carboxylic acids is 1. The van der Waals surface area contributed by atoms with Gasteiger partial charge in [0.05, 0.1) is 5.02 Å². The highest BCUT2D eigenvalue weighted by atomic mass is 35.5. The summed E-state index contributed by atoms with van der Waals surface area (Å²) < 4.78 is 0. The van der Waals surface area contributed by atoms with Crippen molar-refractivity contribution in [2.75, 3.05) is 18.4 Å². The molecule has 0 saturated heterocycles. The molecule has 2 aliphatic rings. The van der Waals surface area contributed by atoms with Crippen molar-refractivity contribution < 1.29 is 4.79 Å². The van der Waals surface area contributed by atoms with Gasteiger partial charge in [-0.05, 0) is 50.7 Å². The highest BCUT2D eigenvalue weighted by Gasteiger charge is 2.37. The first-order valence-corrected chi connectivity index (χ1v) is 7.78.